The molecule has 31 heavy (non-hydrogen) atoms. The van der Waals surface area contributed by atoms with Crippen molar-refractivity contribution in [1.82, 2.24) is 5.32 Å². The molecule has 0 saturated carbocycles. The standard InChI is InChI=1S/C21H31NO5.2C2H6/c1-6-19(23)26-12-11-22-21(24)27-14-13-25-18-9-7-17(8-10-18)20(15(2)3)16(4)5;2*1-2/h6-10,15-16,20H,1,11-14H2,2-5H3,(H,22,24);2*1-2H3. The largest absolute Gasteiger partial charge is 0.490 e. The van der Waals surface area contributed by atoms with Crippen LogP contribution in [0.1, 0.15) is 66.9 Å². The van der Waals surface area contributed by atoms with Crippen molar-refractivity contribution in [2.75, 3.05) is 26.4 Å². The van der Waals surface area contributed by atoms with E-state index in [9.17, 15) is 9.59 Å². The van der Waals surface area contributed by atoms with Crippen LogP contribution in [0.3, 0.4) is 0 Å². The van der Waals surface area contributed by atoms with Crippen LogP contribution in [0.25, 0.3) is 0 Å². The first-order valence-electron chi connectivity index (χ1n) is 11.3. The number of hydrogen-bond donors (Lipinski definition) is 1. The minimum atomic E-state index is -0.583. The number of alkyl carbamates (subject to hydrolysis) is 1. The third-order valence-electron chi connectivity index (χ3n) is 4.07. The molecule has 0 radical (unpaired) electrons. The Labute approximate surface area is 189 Å². The van der Waals surface area contributed by atoms with Crippen molar-refractivity contribution in [2.45, 2.75) is 61.3 Å². The number of rotatable bonds is 11. The van der Waals surface area contributed by atoms with Gasteiger partial charge in [0.05, 0.1) is 6.54 Å². The molecule has 1 amide bonds. The Morgan fingerprint density at radius 1 is 0.903 bits per heavy atom. The van der Waals surface area contributed by atoms with Gasteiger partial charge in [-0.25, -0.2) is 9.59 Å². The summed E-state index contributed by atoms with van der Waals surface area (Å²) in [7, 11) is 0. The highest BCUT2D eigenvalue weighted by molar-refractivity contribution is 5.81. The number of carbonyl (C=O) groups excluding carboxylic acids is 2. The highest BCUT2D eigenvalue weighted by Gasteiger charge is 2.19. The third-order valence-corrected chi connectivity index (χ3v) is 4.07. The molecular formula is C25H43NO5. The zero-order valence-electron chi connectivity index (χ0n) is 20.7. The van der Waals surface area contributed by atoms with Gasteiger partial charge in [0, 0.05) is 6.08 Å². The number of ether oxygens (including phenoxy) is 3. The number of amides is 1. The first kappa shape index (κ1) is 30.7. The van der Waals surface area contributed by atoms with E-state index < -0.39 is 12.1 Å². The second-order valence-corrected chi connectivity index (χ2v) is 6.87. The van der Waals surface area contributed by atoms with E-state index in [1.807, 2.05) is 39.8 Å². The quantitative estimate of drug-likeness (QED) is 0.262. The van der Waals surface area contributed by atoms with Crippen molar-refractivity contribution in [2.24, 2.45) is 11.8 Å². The molecule has 6 nitrogen and oxygen atoms in total. The van der Waals surface area contributed by atoms with Crippen LogP contribution in [0.2, 0.25) is 0 Å². The smallest absolute Gasteiger partial charge is 0.407 e. The predicted octanol–water partition coefficient (Wildman–Crippen LogP) is 5.97. The Morgan fingerprint density at radius 3 is 1.94 bits per heavy atom. The van der Waals surface area contributed by atoms with E-state index in [2.05, 4.69) is 51.7 Å². The Bertz CT molecular complexity index is 588. The van der Waals surface area contributed by atoms with Crippen LogP contribution >= 0.6 is 0 Å². The fourth-order valence-electron chi connectivity index (χ4n) is 3.03. The first-order chi connectivity index (χ1) is 14.8. The Morgan fingerprint density at radius 2 is 1.45 bits per heavy atom. The third kappa shape index (κ3) is 14.2. The molecule has 0 atom stereocenters. The van der Waals surface area contributed by atoms with Crippen LogP contribution in [0.4, 0.5) is 4.79 Å². The number of esters is 1. The molecule has 1 rings (SSSR count). The Hall–Kier alpha value is -2.50. The lowest BCUT2D eigenvalue weighted by atomic mass is 9.80. The maximum atomic E-state index is 11.5. The van der Waals surface area contributed by atoms with Crippen molar-refractivity contribution < 1.29 is 23.8 Å². The molecule has 178 valence electrons. The Balaban J connectivity index is 0. The Kier molecular flexibility index (Phi) is 19.3. The van der Waals surface area contributed by atoms with Crippen LogP contribution in [-0.4, -0.2) is 38.4 Å². The molecule has 0 bridgehead atoms. The normalized spacial score (nSPS) is 9.77. The van der Waals surface area contributed by atoms with Crippen LogP contribution < -0.4 is 10.1 Å². The van der Waals surface area contributed by atoms with E-state index in [4.69, 9.17) is 14.2 Å². The number of benzene rings is 1. The molecular weight excluding hydrogens is 394 g/mol. The van der Waals surface area contributed by atoms with Crippen molar-refractivity contribution in [3.63, 3.8) is 0 Å². The molecule has 0 heterocycles. The summed E-state index contributed by atoms with van der Waals surface area (Å²) < 4.78 is 15.3. The number of nitrogens with one attached hydrogen (secondary N) is 1. The molecule has 6 heteroatoms. The van der Waals surface area contributed by atoms with Gasteiger partial charge in [-0.2, -0.15) is 0 Å². The summed E-state index contributed by atoms with van der Waals surface area (Å²) in [6.45, 7) is 20.9. The molecule has 0 unspecified atom stereocenters. The van der Waals surface area contributed by atoms with Gasteiger partial charge >= 0.3 is 12.1 Å². The highest BCUT2D eigenvalue weighted by atomic mass is 16.6. The summed E-state index contributed by atoms with van der Waals surface area (Å²) in [6.07, 6.45) is 0.480. The maximum Gasteiger partial charge on any atom is 0.407 e. The molecule has 0 fully saturated rings. The van der Waals surface area contributed by atoms with E-state index in [1.165, 1.54) is 5.56 Å². The van der Waals surface area contributed by atoms with Gasteiger partial charge in [0.15, 0.2) is 0 Å². The lowest BCUT2D eigenvalue weighted by Gasteiger charge is -2.25. The molecule has 0 aliphatic rings. The zero-order valence-corrected chi connectivity index (χ0v) is 20.7. The van der Waals surface area contributed by atoms with Crippen LogP contribution in [0.15, 0.2) is 36.9 Å². The summed E-state index contributed by atoms with van der Waals surface area (Å²) in [4.78, 5) is 22.3. The van der Waals surface area contributed by atoms with E-state index in [0.29, 0.717) is 17.8 Å². The summed E-state index contributed by atoms with van der Waals surface area (Å²) >= 11 is 0. The topological polar surface area (TPSA) is 73.9 Å². The lowest BCUT2D eigenvalue weighted by molar-refractivity contribution is -0.137. The predicted molar refractivity (Wildman–Crippen MR) is 128 cm³/mol. The molecule has 1 N–H and O–H groups in total. The van der Waals surface area contributed by atoms with Crippen LogP contribution in [-0.2, 0) is 14.3 Å². The molecule has 0 aliphatic heterocycles. The summed E-state index contributed by atoms with van der Waals surface area (Å²) in [5.41, 5.74) is 1.31. The molecule has 0 aliphatic carbocycles. The maximum absolute atomic E-state index is 11.5. The van der Waals surface area contributed by atoms with Crippen LogP contribution in [0, 0.1) is 11.8 Å². The second kappa shape index (κ2) is 19.5. The van der Waals surface area contributed by atoms with E-state index >= 15 is 0 Å². The SMILES string of the molecule is C=CC(=O)OCCNC(=O)OCCOc1ccc(C(C(C)C)C(C)C)cc1.CC.CC. The first-order valence-corrected chi connectivity index (χ1v) is 11.3. The van der Waals surface area contributed by atoms with E-state index in [-0.39, 0.29) is 26.4 Å². The number of hydrogen-bond acceptors (Lipinski definition) is 5. The van der Waals surface area contributed by atoms with E-state index in [0.717, 1.165) is 11.8 Å². The summed E-state index contributed by atoms with van der Waals surface area (Å²) in [5.74, 6) is 1.87. The average Bonchev–Trinajstić information content (AvgIpc) is 2.77. The van der Waals surface area contributed by atoms with Crippen LogP contribution in [0.5, 0.6) is 5.75 Å². The summed E-state index contributed by atoms with van der Waals surface area (Å²) in [6, 6.07) is 8.08. The van der Waals surface area contributed by atoms with Crippen molar-refractivity contribution in [3.05, 3.63) is 42.5 Å². The van der Waals surface area contributed by atoms with Crippen molar-refractivity contribution in [3.8, 4) is 5.75 Å². The van der Waals surface area contributed by atoms with E-state index in [1.54, 1.807) is 0 Å². The lowest BCUT2D eigenvalue weighted by Crippen LogP contribution is -2.29. The average molecular weight is 438 g/mol. The highest BCUT2D eigenvalue weighted by Crippen LogP contribution is 2.32. The fourth-order valence-corrected chi connectivity index (χ4v) is 3.03. The molecule has 1 aromatic carbocycles. The van der Waals surface area contributed by atoms with Gasteiger partial charge in [-0.05, 0) is 35.4 Å². The second-order valence-electron chi connectivity index (χ2n) is 6.87. The zero-order chi connectivity index (χ0) is 24.2. The number of carbonyl (C=O) groups is 2. The minimum Gasteiger partial charge on any atom is -0.490 e. The minimum absolute atomic E-state index is 0.0660. The monoisotopic (exact) mass is 437 g/mol. The molecule has 0 saturated heterocycles. The van der Waals surface area contributed by atoms with Gasteiger partial charge in [0.2, 0.25) is 0 Å². The molecule has 0 spiro atoms. The van der Waals surface area contributed by atoms with Crippen molar-refractivity contribution >= 4 is 12.1 Å². The molecule has 0 aromatic heterocycles. The fraction of sp³-hybridized carbons (Fsp3) is 0.600. The molecule has 1 aromatic rings. The van der Waals surface area contributed by atoms with Gasteiger partial charge in [-0.3, -0.25) is 0 Å². The van der Waals surface area contributed by atoms with Gasteiger partial charge in [0.25, 0.3) is 0 Å². The van der Waals surface area contributed by atoms with Gasteiger partial charge in [-0.1, -0.05) is 74.1 Å². The summed E-state index contributed by atoms with van der Waals surface area (Å²) in [5, 5.41) is 2.47. The van der Waals surface area contributed by atoms with Gasteiger partial charge in [-0.15, -0.1) is 0 Å². The van der Waals surface area contributed by atoms with Crippen molar-refractivity contribution in [1.29, 1.82) is 0 Å². The van der Waals surface area contributed by atoms with Gasteiger partial charge in [0.1, 0.15) is 25.6 Å². The van der Waals surface area contributed by atoms with Gasteiger partial charge < -0.3 is 19.5 Å².